The van der Waals surface area contributed by atoms with Crippen molar-refractivity contribution < 1.29 is 14.1 Å². The Hall–Kier alpha value is -1.90. The van der Waals surface area contributed by atoms with Crippen molar-refractivity contribution in [2.45, 2.75) is 56.5 Å². The Labute approximate surface area is 188 Å². The van der Waals surface area contributed by atoms with Crippen LogP contribution in [0.2, 0.25) is 0 Å². The molecule has 168 valence electrons. The molecule has 0 spiro atoms. The van der Waals surface area contributed by atoms with Gasteiger partial charge in [-0.3, -0.25) is 9.69 Å². The number of hydrogen-bond donors (Lipinski definition) is 0. The summed E-state index contributed by atoms with van der Waals surface area (Å²) in [6.45, 7) is 10.9. The Balaban J connectivity index is 1.31. The lowest BCUT2D eigenvalue weighted by molar-refractivity contribution is -0.0728. The second kappa shape index (κ2) is 10.1. The first-order chi connectivity index (χ1) is 15.0. The summed E-state index contributed by atoms with van der Waals surface area (Å²) in [7, 11) is 0. The number of rotatable bonds is 6. The highest BCUT2D eigenvalue weighted by molar-refractivity contribution is 7.98. The van der Waals surface area contributed by atoms with Crippen LogP contribution >= 0.6 is 11.8 Å². The summed E-state index contributed by atoms with van der Waals surface area (Å²) in [5.41, 5.74) is 0.766. The van der Waals surface area contributed by atoms with Gasteiger partial charge in [-0.15, -0.1) is 11.8 Å². The lowest BCUT2D eigenvalue weighted by atomic mass is 9.95. The molecule has 31 heavy (non-hydrogen) atoms. The van der Waals surface area contributed by atoms with Crippen molar-refractivity contribution in [1.29, 1.82) is 0 Å². The third-order valence-electron chi connectivity index (χ3n) is 5.96. The lowest BCUT2D eigenvalue weighted by Gasteiger charge is -2.39. The number of ether oxygens (including phenoxy) is 1. The van der Waals surface area contributed by atoms with Crippen LogP contribution < -0.4 is 0 Å². The van der Waals surface area contributed by atoms with Gasteiger partial charge in [0.25, 0.3) is 5.91 Å². The maximum absolute atomic E-state index is 13.3. The zero-order valence-corrected chi connectivity index (χ0v) is 19.4. The molecule has 2 aliphatic rings. The van der Waals surface area contributed by atoms with Gasteiger partial charge >= 0.3 is 0 Å². The summed E-state index contributed by atoms with van der Waals surface area (Å²) < 4.78 is 10.9. The molecular formula is C23H32N4O3S. The van der Waals surface area contributed by atoms with E-state index in [-0.39, 0.29) is 5.91 Å². The molecule has 2 fully saturated rings. The van der Waals surface area contributed by atoms with Crippen LogP contribution in [0.4, 0.5) is 0 Å². The highest BCUT2D eigenvalue weighted by atomic mass is 32.2. The molecule has 0 N–H and O–H groups in total. The number of nitrogens with zero attached hydrogens (tertiary/aromatic N) is 4. The van der Waals surface area contributed by atoms with E-state index < -0.39 is 0 Å². The third-order valence-corrected chi connectivity index (χ3v) is 7.03. The zero-order chi connectivity index (χ0) is 21.8. The average Bonchev–Trinajstić information content (AvgIpc) is 3.17. The van der Waals surface area contributed by atoms with Gasteiger partial charge in [0.05, 0.1) is 23.5 Å². The van der Waals surface area contributed by atoms with Crippen molar-refractivity contribution in [1.82, 2.24) is 19.9 Å². The number of hydrogen-bond acceptors (Lipinski definition) is 7. The molecular weight excluding hydrogens is 412 g/mol. The van der Waals surface area contributed by atoms with Gasteiger partial charge in [0.15, 0.2) is 5.82 Å². The average molecular weight is 445 g/mol. The third kappa shape index (κ3) is 5.87. The number of amides is 1. The molecule has 2 aliphatic heterocycles. The summed E-state index contributed by atoms with van der Waals surface area (Å²) in [5.74, 6) is 2.56. The summed E-state index contributed by atoms with van der Waals surface area (Å²) in [4.78, 5) is 23.0. The number of likely N-dealkylation sites (tertiary alicyclic amines) is 1. The van der Waals surface area contributed by atoms with Crippen molar-refractivity contribution >= 4 is 17.7 Å². The minimum atomic E-state index is 0.124. The van der Waals surface area contributed by atoms with Gasteiger partial charge in [0.2, 0.25) is 5.89 Å². The van der Waals surface area contributed by atoms with E-state index >= 15 is 0 Å². The van der Waals surface area contributed by atoms with Gasteiger partial charge in [-0.2, -0.15) is 4.98 Å². The number of carbonyl (C=O) groups excluding carboxylic acids is 1. The standard InChI is InChI=1S/C23H32N4O3S/c1-16-12-26(13-17(2)29-16)14-19-8-10-27(11-9-19)23(28)20-6-4-5-7-21(20)31-15-22-24-18(3)30-25-22/h4-7,16-17,19H,8-15H2,1-3H3. The molecule has 3 heterocycles. The van der Waals surface area contributed by atoms with Crippen LogP contribution in [0.1, 0.15) is 48.8 Å². The molecule has 1 amide bonds. The Morgan fingerprint density at radius 1 is 1.16 bits per heavy atom. The Kier molecular flexibility index (Phi) is 7.30. The van der Waals surface area contributed by atoms with Crippen LogP contribution in [0.15, 0.2) is 33.7 Å². The van der Waals surface area contributed by atoms with Crippen molar-refractivity contribution in [3.05, 3.63) is 41.5 Å². The van der Waals surface area contributed by atoms with Crippen LogP contribution in [0, 0.1) is 12.8 Å². The lowest BCUT2D eigenvalue weighted by Crippen LogP contribution is -2.48. The first kappa shape index (κ1) is 22.3. The van der Waals surface area contributed by atoms with E-state index in [1.54, 1.807) is 18.7 Å². The Morgan fingerprint density at radius 3 is 2.55 bits per heavy atom. The number of aryl methyl sites for hydroxylation is 1. The maximum atomic E-state index is 13.3. The largest absolute Gasteiger partial charge is 0.373 e. The van der Waals surface area contributed by atoms with Gasteiger partial charge < -0.3 is 14.2 Å². The Morgan fingerprint density at radius 2 is 1.87 bits per heavy atom. The summed E-state index contributed by atoms with van der Waals surface area (Å²) in [6, 6.07) is 7.83. The predicted octanol–water partition coefficient (Wildman–Crippen LogP) is 3.63. The van der Waals surface area contributed by atoms with E-state index in [1.165, 1.54) is 0 Å². The molecule has 0 radical (unpaired) electrons. The molecule has 2 atom stereocenters. The minimum Gasteiger partial charge on any atom is -0.373 e. The monoisotopic (exact) mass is 444 g/mol. The Bertz CT molecular complexity index is 871. The highest BCUT2D eigenvalue weighted by Gasteiger charge is 2.29. The van der Waals surface area contributed by atoms with Crippen LogP contribution in [-0.4, -0.2) is 70.8 Å². The molecule has 1 aromatic heterocycles. The van der Waals surface area contributed by atoms with Gasteiger partial charge in [-0.1, -0.05) is 17.3 Å². The van der Waals surface area contributed by atoms with Crippen molar-refractivity contribution in [2.24, 2.45) is 5.92 Å². The quantitative estimate of drug-likeness (QED) is 0.630. The molecule has 2 unspecified atom stereocenters. The number of morpholine rings is 1. The van der Waals surface area contributed by atoms with E-state index in [2.05, 4.69) is 28.9 Å². The van der Waals surface area contributed by atoms with E-state index in [4.69, 9.17) is 9.26 Å². The van der Waals surface area contributed by atoms with Crippen molar-refractivity contribution in [3.63, 3.8) is 0 Å². The van der Waals surface area contributed by atoms with Crippen molar-refractivity contribution in [3.8, 4) is 0 Å². The first-order valence-electron chi connectivity index (χ1n) is 11.2. The molecule has 4 rings (SSSR count). The molecule has 2 saturated heterocycles. The number of piperidine rings is 1. The van der Waals surface area contributed by atoms with Gasteiger partial charge in [-0.25, -0.2) is 0 Å². The van der Waals surface area contributed by atoms with E-state index in [0.717, 1.165) is 56.0 Å². The van der Waals surface area contributed by atoms with Crippen LogP contribution in [-0.2, 0) is 10.5 Å². The summed E-state index contributed by atoms with van der Waals surface area (Å²) in [5, 5.41) is 3.95. The predicted molar refractivity (Wildman–Crippen MR) is 120 cm³/mol. The number of carbonyl (C=O) groups is 1. The second-order valence-electron chi connectivity index (χ2n) is 8.73. The van der Waals surface area contributed by atoms with E-state index in [0.29, 0.717) is 35.6 Å². The molecule has 0 saturated carbocycles. The molecule has 2 aromatic rings. The fraction of sp³-hybridized carbons (Fsp3) is 0.609. The van der Waals surface area contributed by atoms with Crippen LogP contribution in [0.3, 0.4) is 0 Å². The molecule has 0 bridgehead atoms. The topological polar surface area (TPSA) is 71.7 Å². The molecule has 8 heteroatoms. The van der Waals surface area contributed by atoms with Gasteiger partial charge in [0, 0.05) is 44.5 Å². The van der Waals surface area contributed by atoms with Crippen LogP contribution in [0.25, 0.3) is 0 Å². The summed E-state index contributed by atoms with van der Waals surface area (Å²) >= 11 is 1.58. The molecule has 7 nitrogen and oxygen atoms in total. The van der Waals surface area contributed by atoms with Crippen LogP contribution in [0.5, 0.6) is 0 Å². The fourth-order valence-corrected chi connectivity index (χ4v) is 5.49. The van der Waals surface area contributed by atoms with Gasteiger partial charge in [-0.05, 0) is 44.7 Å². The number of thioether (sulfide) groups is 1. The second-order valence-corrected chi connectivity index (χ2v) is 9.74. The smallest absolute Gasteiger partial charge is 0.254 e. The van der Waals surface area contributed by atoms with E-state index in [9.17, 15) is 4.79 Å². The number of benzene rings is 1. The normalized spacial score (nSPS) is 23.3. The van der Waals surface area contributed by atoms with Crippen molar-refractivity contribution in [2.75, 3.05) is 32.7 Å². The number of aromatic nitrogens is 2. The van der Waals surface area contributed by atoms with Gasteiger partial charge in [0.1, 0.15) is 0 Å². The summed E-state index contributed by atoms with van der Waals surface area (Å²) in [6.07, 6.45) is 2.72. The molecule has 0 aliphatic carbocycles. The maximum Gasteiger partial charge on any atom is 0.254 e. The fourth-order valence-electron chi connectivity index (χ4n) is 4.60. The minimum absolute atomic E-state index is 0.124. The highest BCUT2D eigenvalue weighted by Crippen LogP contribution is 2.28. The first-order valence-corrected chi connectivity index (χ1v) is 12.1. The molecule has 1 aromatic carbocycles. The van der Waals surface area contributed by atoms with E-state index in [1.807, 2.05) is 29.2 Å². The zero-order valence-electron chi connectivity index (χ0n) is 18.6. The SMILES string of the molecule is Cc1nc(CSc2ccccc2C(=O)N2CCC(CN3CC(C)OC(C)C3)CC2)no1.